The maximum absolute atomic E-state index is 12.4. The van der Waals surface area contributed by atoms with Crippen LogP contribution in [0, 0.1) is 0 Å². The van der Waals surface area contributed by atoms with Gasteiger partial charge >= 0.3 is 0 Å². The first-order valence-corrected chi connectivity index (χ1v) is 9.83. The number of rotatable bonds is 11. The van der Waals surface area contributed by atoms with E-state index in [0.717, 1.165) is 11.1 Å². The number of aliphatic hydroxyl groups is 1. The predicted molar refractivity (Wildman–Crippen MR) is 118 cm³/mol. The molecule has 0 aliphatic heterocycles. The number of benzene rings is 1. The van der Waals surface area contributed by atoms with Crippen LogP contribution in [-0.4, -0.2) is 58.2 Å². The van der Waals surface area contributed by atoms with Crippen molar-refractivity contribution in [2.24, 2.45) is 0 Å². The number of carbonyl (C=O) groups excluding carboxylic acids is 1. The number of carbonyl (C=O) groups is 1. The number of allylic oxidation sites excluding steroid dienone is 2. The van der Waals surface area contributed by atoms with Crippen molar-refractivity contribution in [1.82, 2.24) is 10.4 Å². The third kappa shape index (κ3) is 6.46. The van der Waals surface area contributed by atoms with E-state index < -0.39 is 18.6 Å². The largest absolute Gasteiger partial charge is 0.495 e. The number of methoxy groups -OCH3 is 4. The van der Waals surface area contributed by atoms with Crippen molar-refractivity contribution >= 4 is 29.4 Å². The second kappa shape index (κ2) is 12.3. The fourth-order valence-electron chi connectivity index (χ4n) is 3.07. The first-order valence-electron chi connectivity index (χ1n) is 9.45. The molecule has 170 valence electrons. The minimum absolute atomic E-state index is 0.242. The van der Waals surface area contributed by atoms with Crippen LogP contribution in [0.5, 0.6) is 5.75 Å². The molecule has 0 saturated carbocycles. The standard InChI is InChI=1S/C21H28ClN3O6/c1-28-17-8-7-13(9-15(17)23-21(27)16(12-26)24-25-22)5-6-14-10-18(29-2)20(31-4)19(11-14)30-3/h5-10,16,19,24-26H,11-12H2,1-4H3,(H,23,27)/b6-5-/t16-,19?/m0/s1. The van der Waals surface area contributed by atoms with Crippen molar-refractivity contribution in [2.75, 3.05) is 40.4 Å². The fraction of sp³-hybridized carbons (Fsp3) is 0.381. The van der Waals surface area contributed by atoms with Crippen molar-refractivity contribution in [3.05, 3.63) is 53.0 Å². The van der Waals surface area contributed by atoms with E-state index in [4.69, 9.17) is 30.7 Å². The van der Waals surface area contributed by atoms with Crippen molar-refractivity contribution in [3.8, 4) is 5.75 Å². The normalized spacial score (nSPS) is 17.4. The molecule has 31 heavy (non-hydrogen) atoms. The lowest BCUT2D eigenvalue weighted by atomic mass is 9.98. The lowest BCUT2D eigenvalue weighted by Gasteiger charge is -2.24. The van der Waals surface area contributed by atoms with Crippen molar-refractivity contribution in [1.29, 1.82) is 0 Å². The molecule has 0 saturated heterocycles. The van der Waals surface area contributed by atoms with E-state index in [1.165, 1.54) is 7.11 Å². The number of aliphatic hydroxyl groups excluding tert-OH is 1. The summed E-state index contributed by atoms with van der Waals surface area (Å²) in [7, 11) is 6.29. The summed E-state index contributed by atoms with van der Waals surface area (Å²) in [5, 5.41) is 12.1. The van der Waals surface area contributed by atoms with Gasteiger partial charge in [-0.3, -0.25) is 4.79 Å². The third-order valence-electron chi connectivity index (χ3n) is 4.70. The van der Waals surface area contributed by atoms with Gasteiger partial charge in [-0.05, 0) is 41.1 Å². The zero-order valence-electron chi connectivity index (χ0n) is 17.9. The molecule has 1 unspecified atom stereocenters. The minimum atomic E-state index is -0.936. The van der Waals surface area contributed by atoms with Crippen LogP contribution in [-0.2, 0) is 19.0 Å². The van der Waals surface area contributed by atoms with Gasteiger partial charge in [0.2, 0.25) is 5.91 Å². The monoisotopic (exact) mass is 453 g/mol. The highest BCUT2D eigenvalue weighted by atomic mass is 35.5. The van der Waals surface area contributed by atoms with Gasteiger partial charge < -0.3 is 29.4 Å². The van der Waals surface area contributed by atoms with Crippen molar-refractivity contribution in [2.45, 2.75) is 18.6 Å². The molecule has 1 aliphatic rings. The molecule has 10 heteroatoms. The van der Waals surface area contributed by atoms with Gasteiger partial charge in [0, 0.05) is 13.5 Å². The molecular weight excluding hydrogens is 426 g/mol. The van der Waals surface area contributed by atoms with Crippen LogP contribution in [0.15, 0.2) is 47.4 Å². The van der Waals surface area contributed by atoms with E-state index in [-0.39, 0.29) is 6.10 Å². The maximum Gasteiger partial charge on any atom is 0.245 e. The molecule has 1 aromatic carbocycles. The number of hydrazine groups is 1. The molecule has 1 amide bonds. The van der Waals surface area contributed by atoms with Gasteiger partial charge in [0.15, 0.2) is 11.5 Å². The molecule has 1 aliphatic carbocycles. The van der Waals surface area contributed by atoms with Crippen LogP contribution in [0.2, 0.25) is 0 Å². The Kier molecular flexibility index (Phi) is 9.83. The van der Waals surface area contributed by atoms with E-state index in [9.17, 15) is 9.90 Å². The van der Waals surface area contributed by atoms with Gasteiger partial charge in [-0.1, -0.05) is 18.2 Å². The van der Waals surface area contributed by atoms with E-state index in [0.29, 0.717) is 29.4 Å². The van der Waals surface area contributed by atoms with Gasteiger partial charge in [-0.2, -0.15) is 4.94 Å². The average molecular weight is 454 g/mol. The highest BCUT2D eigenvalue weighted by Gasteiger charge is 2.25. The van der Waals surface area contributed by atoms with Gasteiger partial charge in [0.05, 0.1) is 33.6 Å². The number of anilines is 1. The maximum atomic E-state index is 12.4. The quantitative estimate of drug-likeness (QED) is 0.298. The Labute approximate surface area is 186 Å². The number of amides is 1. The molecule has 0 spiro atoms. The summed E-state index contributed by atoms with van der Waals surface area (Å²) in [5.41, 5.74) is 4.73. The Morgan fingerprint density at radius 2 is 2.00 bits per heavy atom. The molecule has 9 nitrogen and oxygen atoms in total. The molecule has 4 N–H and O–H groups in total. The van der Waals surface area contributed by atoms with E-state index in [1.807, 2.05) is 24.3 Å². The van der Waals surface area contributed by atoms with E-state index in [2.05, 4.69) is 15.7 Å². The molecular formula is C21H28ClN3O6. The average Bonchev–Trinajstić information content (AvgIpc) is 2.80. The zero-order valence-corrected chi connectivity index (χ0v) is 18.7. The summed E-state index contributed by atoms with van der Waals surface area (Å²) in [6.45, 7) is -0.443. The van der Waals surface area contributed by atoms with Gasteiger partial charge in [-0.15, -0.1) is 0 Å². The van der Waals surface area contributed by atoms with Crippen LogP contribution in [0.1, 0.15) is 12.0 Å². The predicted octanol–water partition coefficient (Wildman–Crippen LogP) is 2.11. The Morgan fingerprint density at radius 1 is 1.23 bits per heavy atom. The summed E-state index contributed by atoms with van der Waals surface area (Å²) in [6.07, 6.45) is 6.13. The molecule has 0 fully saturated rings. The second-order valence-corrected chi connectivity index (χ2v) is 6.73. The fourth-order valence-corrected chi connectivity index (χ4v) is 3.20. The summed E-state index contributed by atoms with van der Waals surface area (Å²) in [5.74, 6) is 1.26. The second-order valence-electron chi connectivity index (χ2n) is 6.54. The summed E-state index contributed by atoms with van der Waals surface area (Å²) < 4.78 is 21.7. The number of halogens is 1. The topological polar surface area (TPSA) is 110 Å². The van der Waals surface area contributed by atoms with Gasteiger partial charge in [0.1, 0.15) is 17.9 Å². The summed E-state index contributed by atoms with van der Waals surface area (Å²) in [4.78, 5) is 14.5. The zero-order chi connectivity index (χ0) is 22.8. The Morgan fingerprint density at radius 3 is 2.58 bits per heavy atom. The lowest BCUT2D eigenvalue weighted by Crippen LogP contribution is -2.46. The van der Waals surface area contributed by atoms with E-state index in [1.54, 1.807) is 33.5 Å². The SMILES string of the molecule is COC1=C(OC)C(OC)CC(/C=C\c2ccc(OC)c(NC(=O)[C@H](CO)NNCl)c2)=C1. The third-order valence-corrected chi connectivity index (χ3v) is 4.81. The number of hydrogen-bond acceptors (Lipinski definition) is 8. The number of hydrogen-bond donors (Lipinski definition) is 4. The lowest BCUT2D eigenvalue weighted by molar-refractivity contribution is -0.119. The smallest absolute Gasteiger partial charge is 0.245 e. The number of nitrogens with one attached hydrogen (secondary N) is 3. The Bertz CT molecular complexity index is 856. The van der Waals surface area contributed by atoms with Crippen LogP contribution in [0.25, 0.3) is 6.08 Å². The molecule has 0 radical (unpaired) electrons. The molecule has 0 bridgehead atoms. The van der Waals surface area contributed by atoms with Gasteiger partial charge in [-0.25, -0.2) is 5.43 Å². The summed E-state index contributed by atoms with van der Waals surface area (Å²) in [6, 6.07) is 4.43. The summed E-state index contributed by atoms with van der Waals surface area (Å²) >= 11 is 5.36. The minimum Gasteiger partial charge on any atom is -0.495 e. The Hall–Kier alpha value is -2.56. The molecule has 0 aromatic heterocycles. The first-order chi connectivity index (χ1) is 15.0. The van der Waals surface area contributed by atoms with Gasteiger partial charge in [0.25, 0.3) is 0 Å². The van der Waals surface area contributed by atoms with Crippen molar-refractivity contribution < 1.29 is 28.8 Å². The van der Waals surface area contributed by atoms with Crippen LogP contribution < -0.4 is 20.4 Å². The molecule has 1 aromatic rings. The molecule has 2 atom stereocenters. The van der Waals surface area contributed by atoms with Crippen LogP contribution in [0.3, 0.4) is 0 Å². The molecule has 2 rings (SSSR count). The highest BCUT2D eigenvalue weighted by molar-refractivity contribution is 6.13. The highest BCUT2D eigenvalue weighted by Crippen LogP contribution is 2.30. The number of ether oxygens (including phenoxy) is 4. The van der Waals surface area contributed by atoms with Crippen LogP contribution in [0.4, 0.5) is 5.69 Å². The Balaban J connectivity index is 2.25. The van der Waals surface area contributed by atoms with Crippen molar-refractivity contribution in [3.63, 3.8) is 0 Å². The first kappa shape index (κ1) is 24.7. The van der Waals surface area contributed by atoms with E-state index >= 15 is 0 Å². The van der Waals surface area contributed by atoms with Crippen LogP contribution >= 0.6 is 11.8 Å². The molecule has 0 heterocycles.